The lowest BCUT2D eigenvalue weighted by Crippen LogP contribution is -2.21. The van der Waals surface area contributed by atoms with Crippen molar-refractivity contribution in [3.8, 4) is 0 Å². The van der Waals surface area contributed by atoms with Gasteiger partial charge in [0.2, 0.25) is 6.41 Å². The van der Waals surface area contributed by atoms with Gasteiger partial charge in [-0.05, 0) is 24.5 Å². The van der Waals surface area contributed by atoms with Crippen molar-refractivity contribution < 1.29 is 4.79 Å². The number of carbonyl (C=O) groups is 1. The molecule has 0 saturated carbocycles. The minimum absolute atomic E-state index is 0.223. The standard InChI is InChI=1S/C12H17N3O/c1-14(2)12-6-5-10(8-13-12)11-4-3-7-15(11)9-16/h5-6,8-9,11H,3-4,7H2,1-2H3. The molecule has 1 fully saturated rings. The maximum absolute atomic E-state index is 10.9. The molecule has 1 atom stereocenters. The van der Waals surface area contributed by atoms with Crippen LogP contribution in [0.5, 0.6) is 0 Å². The van der Waals surface area contributed by atoms with E-state index in [4.69, 9.17) is 0 Å². The van der Waals surface area contributed by atoms with Crippen LogP contribution in [0.1, 0.15) is 24.4 Å². The fourth-order valence-corrected chi connectivity index (χ4v) is 2.13. The number of likely N-dealkylation sites (tertiary alicyclic amines) is 1. The number of anilines is 1. The van der Waals surface area contributed by atoms with E-state index in [-0.39, 0.29) is 6.04 Å². The van der Waals surface area contributed by atoms with Crippen LogP contribution >= 0.6 is 0 Å². The first-order chi connectivity index (χ1) is 7.72. The van der Waals surface area contributed by atoms with Gasteiger partial charge >= 0.3 is 0 Å². The monoisotopic (exact) mass is 219 g/mol. The van der Waals surface area contributed by atoms with E-state index in [1.54, 1.807) is 0 Å². The van der Waals surface area contributed by atoms with Gasteiger partial charge < -0.3 is 9.80 Å². The minimum atomic E-state index is 0.223. The third-order valence-corrected chi connectivity index (χ3v) is 3.04. The molecule has 1 amide bonds. The van der Waals surface area contributed by atoms with Gasteiger partial charge in [-0.2, -0.15) is 0 Å². The van der Waals surface area contributed by atoms with E-state index in [0.717, 1.165) is 37.2 Å². The summed E-state index contributed by atoms with van der Waals surface area (Å²) in [6.45, 7) is 0.865. The molecule has 0 aliphatic carbocycles. The van der Waals surface area contributed by atoms with Crippen LogP contribution in [-0.4, -0.2) is 36.9 Å². The Morgan fingerprint density at radius 1 is 1.50 bits per heavy atom. The lowest BCUT2D eigenvalue weighted by molar-refractivity contribution is -0.118. The fourth-order valence-electron chi connectivity index (χ4n) is 2.13. The van der Waals surface area contributed by atoms with Gasteiger partial charge in [-0.1, -0.05) is 6.07 Å². The largest absolute Gasteiger partial charge is 0.363 e. The molecular weight excluding hydrogens is 202 g/mol. The normalized spacial score (nSPS) is 19.9. The highest BCUT2D eigenvalue weighted by molar-refractivity contribution is 5.50. The molecule has 4 heteroatoms. The van der Waals surface area contributed by atoms with Crippen LogP contribution in [0.25, 0.3) is 0 Å². The summed E-state index contributed by atoms with van der Waals surface area (Å²) in [6.07, 6.45) is 4.94. The molecule has 4 nitrogen and oxygen atoms in total. The molecule has 1 aliphatic heterocycles. The van der Waals surface area contributed by atoms with Crippen LogP contribution in [0.15, 0.2) is 18.3 Å². The molecule has 1 aromatic rings. The summed E-state index contributed by atoms with van der Waals surface area (Å²) in [5.74, 6) is 0.944. The average Bonchev–Trinajstić information content (AvgIpc) is 2.77. The number of amides is 1. The van der Waals surface area contributed by atoms with Crippen molar-refractivity contribution in [1.29, 1.82) is 0 Å². The molecule has 0 radical (unpaired) electrons. The Morgan fingerprint density at radius 3 is 2.88 bits per heavy atom. The maximum Gasteiger partial charge on any atom is 0.210 e. The third-order valence-electron chi connectivity index (χ3n) is 3.04. The third kappa shape index (κ3) is 2.01. The maximum atomic E-state index is 10.9. The van der Waals surface area contributed by atoms with Crippen LogP contribution < -0.4 is 4.90 Å². The molecule has 1 aromatic heterocycles. The highest BCUT2D eigenvalue weighted by Crippen LogP contribution is 2.30. The topological polar surface area (TPSA) is 36.4 Å². The van der Waals surface area contributed by atoms with Crippen molar-refractivity contribution >= 4 is 12.2 Å². The van der Waals surface area contributed by atoms with Crippen LogP contribution in [-0.2, 0) is 4.79 Å². The van der Waals surface area contributed by atoms with Gasteiger partial charge in [-0.15, -0.1) is 0 Å². The van der Waals surface area contributed by atoms with Gasteiger partial charge in [-0.3, -0.25) is 4.79 Å². The number of carbonyl (C=O) groups excluding carboxylic acids is 1. The SMILES string of the molecule is CN(C)c1ccc(C2CCCN2C=O)cn1. The summed E-state index contributed by atoms with van der Waals surface area (Å²) in [5.41, 5.74) is 1.13. The molecule has 16 heavy (non-hydrogen) atoms. The molecule has 2 heterocycles. The second kappa shape index (κ2) is 4.51. The Morgan fingerprint density at radius 2 is 2.31 bits per heavy atom. The van der Waals surface area contributed by atoms with E-state index < -0.39 is 0 Å². The van der Waals surface area contributed by atoms with E-state index in [1.807, 2.05) is 36.2 Å². The van der Waals surface area contributed by atoms with Crippen molar-refractivity contribution in [2.75, 3.05) is 25.5 Å². The predicted molar refractivity (Wildman–Crippen MR) is 63.3 cm³/mol. The van der Waals surface area contributed by atoms with Gasteiger partial charge in [0.05, 0.1) is 6.04 Å². The summed E-state index contributed by atoms with van der Waals surface area (Å²) in [7, 11) is 3.94. The van der Waals surface area contributed by atoms with Crippen molar-refractivity contribution in [2.24, 2.45) is 0 Å². The van der Waals surface area contributed by atoms with Crippen molar-refractivity contribution in [1.82, 2.24) is 9.88 Å². The summed E-state index contributed by atoms with van der Waals surface area (Å²) in [6, 6.07) is 4.28. The Hall–Kier alpha value is -1.58. The van der Waals surface area contributed by atoms with Gasteiger partial charge in [0.25, 0.3) is 0 Å². The summed E-state index contributed by atoms with van der Waals surface area (Å²) in [5, 5.41) is 0. The van der Waals surface area contributed by atoms with E-state index in [2.05, 4.69) is 11.1 Å². The van der Waals surface area contributed by atoms with Crippen molar-refractivity contribution in [3.63, 3.8) is 0 Å². The van der Waals surface area contributed by atoms with Crippen LogP contribution in [0, 0.1) is 0 Å². The second-order valence-corrected chi connectivity index (χ2v) is 4.35. The van der Waals surface area contributed by atoms with E-state index >= 15 is 0 Å². The molecule has 86 valence electrons. The number of nitrogens with zero attached hydrogens (tertiary/aromatic N) is 3. The first-order valence-electron chi connectivity index (χ1n) is 5.56. The van der Waals surface area contributed by atoms with E-state index in [1.165, 1.54) is 0 Å². The Balaban J connectivity index is 2.18. The first kappa shape index (κ1) is 10.9. The number of rotatable bonds is 3. The summed E-state index contributed by atoms with van der Waals surface area (Å²) >= 11 is 0. The van der Waals surface area contributed by atoms with Crippen molar-refractivity contribution in [2.45, 2.75) is 18.9 Å². The molecule has 1 unspecified atom stereocenters. The van der Waals surface area contributed by atoms with Crippen LogP contribution in [0.2, 0.25) is 0 Å². The summed E-state index contributed by atoms with van der Waals surface area (Å²) < 4.78 is 0. The van der Waals surface area contributed by atoms with Gasteiger partial charge in [0, 0.05) is 26.8 Å². The summed E-state index contributed by atoms with van der Waals surface area (Å²) in [4.78, 5) is 19.1. The molecule has 0 bridgehead atoms. The second-order valence-electron chi connectivity index (χ2n) is 4.35. The first-order valence-corrected chi connectivity index (χ1v) is 5.56. The Bertz CT molecular complexity index is 361. The van der Waals surface area contributed by atoms with Crippen LogP contribution in [0.4, 0.5) is 5.82 Å². The zero-order valence-corrected chi connectivity index (χ0v) is 9.76. The fraction of sp³-hybridized carbons (Fsp3) is 0.500. The number of aromatic nitrogens is 1. The highest BCUT2D eigenvalue weighted by Gasteiger charge is 2.24. The molecule has 1 aliphatic rings. The molecule has 2 rings (SSSR count). The highest BCUT2D eigenvalue weighted by atomic mass is 16.1. The average molecular weight is 219 g/mol. The minimum Gasteiger partial charge on any atom is -0.363 e. The van der Waals surface area contributed by atoms with Gasteiger partial charge in [-0.25, -0.2) is 4.98 Å². The molecular formula is C12H17N3O. The zero-order chi connectivity index (χ0) is 11.5. The quantitative estimate of drug-likeness (QED) is 0.722. The van der Waals surface area contributed by atoms with Crippen molar-refractivity contribution in [3.05, 3.63) is 23.9 Å². The number of hydrogen-bond acceptors (Lipinski definition) is 3. The van der Waals surface area contributed by atoms with Gasteiger partial charge in [0.15, 0.2) is 0 Å². The number of hydrogen-bond donors (Lipinski definition) is 0. The van der Waals surface area contributed by atoms with E-state index in [0.29, 0.717) is 0 Å². The smallest absolute Gasteiger partial charge is 0.210 e. The molecule has 0 aromatic carbocycles. The lowest BCUT2D eigenvalue weighted by atomic mass is 10.1. The number of pyridine rings is 1. The van der Waals surface area contributed by atoms with Gasteiger partial charge in [0.1, 0.15) is 5.82 Å². The Kier molecular flexibility index (Phi) is 3.08. The molecule has 1 saturated heterocycles. The Labute approximate surface area is 95.9 Å². The van der Waals surface area contributed by atoms with Crippen LogP contribution in [0.3, 0.4) is 0 Å². The zero-order valence-electron chi connectivity index (χ0n) is 9.76. The molecule has 0 spiro atoms. The predicted octanol–water partition coefficient (Wildman–Crippen LogP) is 1.44. The molecule has 0 N–H and O–H groups in total. The van der Waals surface area contributed by atoms with E-state index in [9.17, 15) is 4.79 Å². The lowest BCUT2D eigenvalue weighted by Gasteiger charge is -2.20.